The van der Waals surface area contributed by atoms with Crippen LogP contribution in [-0.2, 0) is 21.2 Å². The van der Waals surface area contributed by atoms with Gasteiger partial charge in [-0.05, 0) is 55.7 Å². The quantitative estimate of drug-likeness (QED) is 0.746. The van der Waals surface area contributed by atoms with Crippen LogP contribution in [0.5, 0.6) is 0 Å². The summed E-state index contributed by atoms with van der Waals surface area (Å²) in [4.78, 5) is 17.2. The van der Waals surface area contributed by atoms with Crippen LogP contribution in [-0.4, -0.2) is 62.3 Å². The molecule has 6 nitrogen and oxygen atoms in total. The molecule has 0 aromatic heterocycles. The minimum Gasteiger partial charge on any atom is -0.310 e. The molecule has 2 aliphatic rings. The third-order valence-corrected chi connectivity index (χ3v) is 7.91. The highest BCUT2D eigenvalue weighted by atomic mass is 32.2. The second-order valence-electron chi connectivity index (χ2n) is 7.79. The minimum absolute atomic E-state index is 0.0507. The maximum Gasteiger partial charge on any atom is 0.244 e. The van der Waals surface area contributed by atoms with Gasteiger partial charge in [-0.1, -0.05) is 18.2 Å². The first-order valence-electron chi connectivity index (χ1n) is 10.3. The second kappa shape index (κ2) is 8.45. The largest absolute Gasteiger partial charge is 0.310 e. The van der Waals surface area contributed by atoms with Crippen molar-refractivity contribution in [3.05, 3.63) is 59.9 Å². The van der Waals surface area contributed by atoms with E-state index in [0.29, 0.717) is 39.1 Å². The summed E-state index contributed by atoms with van der Waals surface area (Å²) in [7, 11) is -3.68. The van der Waals surface area contributed by atoms with Gasteiger partial charge in [-0.15, -0.1) is 0 Å². The number of fused-ring (bicyclic) bond motifs is 1. The average Bonchev–Trinajstić information content (AvgIpc) is 3.01. The number of hydrogen-bond acceptors (Lipinski definition) is 4. The molecule has 0 bridgehead atoms. The van der Waals surface area contributed by atoms with Gasteiger partial charge in [0.05, 0.1) is 10.9 Å². The fourth-order valence-corrected chi connectivity index (χ4v) is 5.72. The number of carbonyl (C=O) groups excluding carboxylic acids is 1. The molecule has 160 valence electrons. The lowest BCUT2D eigenvalue weighted by atomic mass is 10.1. The van der Waals surface area contributed by atoms with Gasteiger partial charge in [-0.25, -0.2) is 12.8 Å². The third kappa shape index (κ3) is 3.99. The van der Waals surface area contributed by atoms with E-state index in [4.69, 9.17) is 0 Å². The van der Waals surface area contributed by atoms with Gasteiger partial charge < -0.3 is 4.90 Å². The molecule has 1 saturated heterocycles. The Balaban J connectivity index is 1.44. The zero-order chi connectivity index (χ0) is 21.3. The van der Waals surface area contributed by atoms with E-state index in [1.54, 1.807) is 0 Å². The molecule has 1 atom stereocenters. The number of amides is 1. The number of carbonyl (C=O) groups is 1. The Bertz CT molecular complexity index is 1030. The van der Waals surface area contributed by atoms with Gasteiger partial charge in [0.2, 0.25) is 15.9 Å². The van der Waals surface area contributed by atoms with Crippen molar-refractivity contribution >= 4 is 21.6 Å². The number of hydrogen-bond donors (Lipinski definition) is 0. The van der Waals surface area contributed by atoms with Crippen LogP contribution in [0, 0.1) is 5.82 Å². The van der Waals surface area contributed by atoms with Gasteiger partial charge in [0.25, 0.3) is 0 Å². The maximum absolute atomic E-state index is 13.2. The van der Waals surface area contributed by atoms with Gasteiger partial charge in [0.15, 0.2) is 0 Å². The standard InChI is InChI=1S/C22H26FN3O3S/c1-17(22(27)26-14-11-18-5-2-3-6-21(18)26)24-12-4-13-25(16-15-24)30(28,29)20-9-7-19(23)8-10-20/h2-3,5-10,17H,4,11-16H2,1H3. The van der Waals surface area contributed by atoms with Crippen LogP contribution in [0.4, 0.5) is 10.1 Å². The maximum atomic E-state index is 13.2. The summed E-state index contributed by atoms with van der Waals surface area (Å²) in [5.41, 5.74) is 2.16. The Morgan fingerprint density at radius 2 is 1.70 bits per heavy atom. The molecule has 8 heteroatoms. The van der Waals surface area contributed by atoms with Crippen LogP contribution >= 0.6 is 0 Å². The number of anilines is 1. The van der Waals surface area contributed by atoms with E-state index < -0.39 is 15.8 Å². The highest BCUT2D eigenvalue weighted by molar-refractivity contribution is 7.89. The van der Waals surface area contributed by atoms with E-state index in [9.17, 15) is 17.6 Å². The summed E-state index contributed by atoms with van der Waals surface area (Å²) in [5.74, 6) is -0.415. The first kappa shape index (κ1) is 21.0. The predicted octanol–water partition coefficient (Wildman–Crippen LogP) is 2.50. The van der Waals surface area contributed by atoms with Crippen LogP contribution < -0.4 is 4.90 Å². The lowest BCUT2D eigenvalue weighted by Crippen LogP contribution is -2.48. The van der Waals surface area contributed by atoms with E-state index in [-0.39, 0.29) is 16.8 Å². The first-order chi connectivity index (χ1) is 14.4. The summed E-state index contributed by atoms with van der Waals surface area (Å²) in [5, 5.41) is 0. The van der Waals surface area contributed by atoms with Crippen LogP contribution in [0.3, 0.4) is 0 Å². The molecule has 0 aliphatic carbocycles. The smallest absolute Gasteiger partial charge is 0.244 e. The fourth-order valence-electron chi connectivity index (χ4n) is 4.25. The highest BCUT2D eigenvalue weighted by Crippen LogP contribution is 2.28. The SMILES string of the molecule is CC(C(=O)N1CCc2ccccc21)N1CCCN(S(=O)(=O)c2ccc(F)cc2)CC1. The molecule has 0 N–H and O–H groups in total. The summed E-state index contributed by atoms with van der Waals surface area (Å²) in [6.07, 6.45) is 1.49. The summed E-state index contributed by atoms with van der Waals surface area (Å²) in [6, 6.07) is 12.5. The molecule has 0 spiro atoms. The molecule has 4 rings (SSSR count). The molecule has 2 aromatic rings. The van der Waals surface area contributed by atoms with Crippen molar-refractivity contribution in [1.29, 1.82) is 0 Å². The molecule has 0 radical (unpaired) electrons. The van der Waals surface area contributed by atoms with Gasteiger partial charge in [-0.2, -0.15) is 4.31 Å². The number of nitrogens with zero attached hydrogens (tertiary/aromatic N) is 3. The minimum atomic E-state index is -3.68. The average molecular weight is 432 g/mol. The van der Waals surface area contributed by atoms with Crippen molar-refractivity contribution in [1.82, 2.24) is 9.21 Å². The summed E-state index contributed by atoms with van der Waals surface area (Å²) >= 11 is 0. The second-order valence-corrected chi connectivity index (χ2v) is 9.73. The summed E-state index contributed by atoms with van der Waals surface area (Å²) in [6.45, 7) is 4.38. The molecule has 2 heterocycles. The zero-order valence-corrected chi connectivity index (χ0v) is 17.8. The Morgan fingerprint density at radius 1 is 0.967 bits per heavy atom. The third-order valence-electron chi connectivity index (χ3n) is 6.00. The monoisotopic (exact) mass is 431 g/mol. The molecule has 1 fully saturated rings. The lowest BCUT2D eigenvalue weighted by Gasteiger charge is -2.30. The lowest BCUT2D eigenvalue weighted by molar-refractivity contribution is -0.123. The predicted molar refractivity (Wildman–Crippen MR) is 113 cm³/mol. The molecule has 0 saturated carbocycles. The molecular weight excluding hydrogens is 405 g/mol. The molecular formula is C22H26FN3O3S. The molecule has 1 amide bonds. The van der Waals surface area contributed by atoms with Crippen LogP contribution in [0.15, 0.2) is 53.4 Å². The van der Waals surface area contributed by atoms with Crippen LogP contribution in [0.1, 0.15) is 18.9 Å². The number of sulfonamides is 1. The van der Waals surface area contributed by atoms with Gasteiger partial charge in [0.1, 0.15) is 5.82 Å². The van der Waals surface area contributed by atoms with Crippen molar-refractivity contribution in [2.75, 3.05) is 37.6 Å². The van der Waals surface area contributed by atoms with E-state index in [1.807, 2.05) is 30.0 Å². The van der Waals surface area contributed by atoms with Crippen molar-refractivity contribution in [2.45, 2.75) is 30.7 Å². The molecule has 2 aliphatic heterocycles. The van der Waals surface area contributed by atoms with Crippen molar-refractivity contribution < 1.29 is 17.6 Å². The van der Waals surface area contributed by atoms with E-state index in [1.165, 1.54) is 22.0 Å². The molecule has 1 unspecified atom stereocenters. The van der Waals surface area contributed by atoms with Gasteiger partial charge in [0, 0.05) is 38.4 Å². The van der Waals surface area contributed by atoms with Gasteiger partial charge in [-0.3, -0.25) is 9.69 Å². The van der Waals surface area contributed by atoms with Crippen molar-refractivity contribution in [3.8, 4) is 0 Å². The Labute approximate surface area is 176 Å². The van der Waals surface area contributed by atoms with Gasteiger partial charge >= 0.3 is 0 Å². The van der Waals surface area contributed by atoms with E-state index >= 15 is 0 Å². The zero-order valence-electron chi connectivity index (χ0n) is 17.0. The normalized spacial score (nSPS) is 19.3. The van der Waals surface area contributed by atoms with Crippen molar-refractivity contribution in [3.63, 3.8) is 0 Å². The van der Waals surface area contributed by atoms with Crippen LogP contribution in [0.25, 0.3) is 0 Å². The number of para-hydroxylation sites is 1. The molecule has 2 aromatic carbocycles. The van der Waals surface area contributed by atoms with Crippen LogP contribution in [0.2, 0.25) is 0 Å². The van der Waals surface area contributed by atoms with E-state index in [0.717, 1.165) is 24.2 Å². The number of rotatable bonds is 4. The summed E-state index contributed by atoms with van der Waals surface area (Å²) < 4.78 is 40.4. The van der Waals surface area contributed by atoms with Crippen molar-refractivity contribution in [2.24, 2.45) is 0 Å². The number of benzene rings is 2. The first-order valence-corrected chi connectivity index (χ1v) is 11.7. The molecule has 30 heavy (non-hydrogen) atoms. The van der Waals surface area contributed by atoms with E-state index in [2.05, 4.69) is 11.0 Å². The Kier molecular flexibility index (Phi) is 5.90. The highest BCUT2D eigenvalue weighted by Gasteiger charge is 2.33. The topological polar surface area (TPSA) is 60.9 Å². The Morgan fingerprint density at radius 3 is 2.47 bits per heavy atom. The number of halogens is 1. The fraction of sp³-hybridized carbons (Fsp3) is 0.409. The Hall–Kier alpha value is -2.29.